The zero-order chi connectivity index (χ0) is 10.7. The van der Waals surface area contributed by atoms with Crippen LogP contribution in [0.25, 0.3) is 6.08 Å². The van der Waals surface area contributed by atoms with Crippen LogP contribution < -0.4 is 0 Å². The number of rotatable bonds is 3. The molecule has 1 fully saturated rings. The highest BCUT2D eigenvalue weighted by atomic mass is 35.5. The molecule has 0 bridgehead atoms. The van der Waals surface area contributed by atoms with Gasteiger partial charge in [-0.25, -0.2) is 0 Å². The predicted molar refractivity (Wildman–Crippen MR) is 62.9 cm³/mol. The second kappa shape index (κ2) is 4.79. The van der Waals surface area contributed by atoms with Crippen LogP contribution in [0.5, 0.6) is 0 Å². The highest BCUT2D eigenvalue weighted by molar-refractivity contribution is 6.30. The maximum atomic E-state index is 9.08. The van der Waals surface area contributed by atoms with Gasteiger partial charge in [0, 0.05) is 24.7 Å². The fourth-order valence-electron chi connectivity index (χ4n) is 1.60. The lowest BCUT2D eigenvalue weighted by molar-refractivity contribution is 0.00992. The van der Waals surface area contributed by atoms with E-state index in [0.29, 0.717) is 0 Å². The van der Waals surface area contributed by atoms with Crippen molar-refractivity contribution in [3.63, 3.8) is 0 Å². The molecule has 0 aliphatic carbocycles. The van der Waals surface area contributed by atoms with Crippen molar-refractivity contribution in [2.45, 2.75) is 6.10 Å². The van der Waals surface area contributed by atoms with Crippen LogP contribution in [0.3, 0.4) is 0 Å². The molecule has 80 valence electrons. The predicted octanol–water partition coefficient (Wildman–Crippen LogP) is 2.03. The minimum atomic E-state index is -0.117. The van der Waals surface area contributed by atoms with Gasteiger partial charge in [-0.15, -0.1) is 0 Å². The normalized spacial score (nSPS) is 18.3. The Bertz CT molecular complexity index is 341. The molecule has 0 amide bonds. The van der Waals surface area contributed by atoms with Gasteiger partial charge in [0.1, 0.15) is 0 Å². The fraction of sp³-hybridized carbons (Fsp3) is 0.333. The van der Waals surface area contributed by atoms with E-state index < -0.39 is 0 Å². The minimum Gasteiger partial charge on any atom is -0.390 e. The summed E-state index contributed by atoms with van der Waals surface area (Å²) >= 11 is 5.78. The monoisotopic (exact) mass is 223 g/mol. The Morgan fingerprint density at radius 2 is 2.00 bits per heavy atom. The maximum absolute atomic E-state index is 9.08. The zero-order valence-corrected chi connectivity index (χ0v) is 9.19. The Morgan fingerprint density at radius 1 is 1.33 bits per heavy atom. The largest absolute Gasteiger partial charge is 0.390 e. The molecule has 1 heterocycles. The van der Waals surface area contributed by atoms with Gasteiger partial charge < -0.3 is 5.11 Å². The molecule has 1 N–H and O–H groups in total. The highest BCUT2D eigenvalue weighted by Crippen LogP contribution is 2.11. The van der Waals surface area contributed by atoms with E-state index in [1.54, 1.807) is 0 Å². The first-order valence-electron chi connectivity index (χ1n) is 5.06. The highest BCUT2D eigenvalue weighted by Gasteiger charge is 2.22. The molecular weight excluding hydrogens is 210 g/mol. The van der Waals surface area contributed by atoms with Crippen molar-refractivity contribution < 1.29 is 5.11 Å². The minimum absolute atomic E-state index is 0.117. The van der Waals surface area contributed by atoms with E-state index in [9.17, 15) is 0 Å². The Kier molecular flexibility index (Phi) is 3.41. The average molecular weight is 224 g/mol. The number of hydrogen-bond acceptors (Lipinski definition) is 2. The maximum Gasteiger partial charge on any atom is 0.0794 e. The summed E-state index contributed by atoms with van der Waals surface area (Å²) in [6.45, 7) is 2.50. The van der Waals surface area contributed by atoms with Crippen LogP contribution in [-0.2, 0) is 0 Å². The topological polar surface area (TPSA) is 23.5 Å². The van der Waals surface area contributed by atoms with Crippen LogP contribution in [0.4, 0.5) is 0 Å². The number of likely N-dealkylation sites (tertiary alicyclic amines) is 1. The number of nitrogens with zero attached hydrogens (tertiary/aromatic N) is 1. The number of hydrogen-bond donors (Lipinski definition) is 1. The van der Waals surface area contributed by atoms with Crippen LogP contribution >= 0.6 is 11.6 Å². The molecule has 0 radical (unpaired) electrons. The molecule has 1 aliphatic heterocycles. The summed E-state index contributed by atoms with van der Waals surface area (Å²) in [7, 11) is 0. The smallest absolute Gasteiger partial charge is 0.0794 e. The molecular formula is C12H14ClNO. The third kappa shape index (κ3) is 3.06. The number of β-amino-alcohol motifs (C(OH)–C–C–N with tert-alkyl or cyclic N) is 1. The summed E-state index contributed by atoms with van der Waals surface area (Å²) in [4.78, 5) is 2.19. The Morgan fingerprint density at radius 3 is 2.60 bits per heavy atom. The van der Waals surface area contributed by atoms with E-state index in [4.69, 9.17) is 16.7 Å². The van der Waals surface area contributed by atoms with Gasteiger partial charge in [0.05, 0.1) is 6.10 Å². The summed E-state index contributed by atoms with van der Waals surface area (Å²) in [5.41, 5.74) is 1.15. The summed E-state index contributed by atoms with van der Waals surface area (Å²) in [6.07, 6.45) is 4.06. The van der Waals surface area contributed by atoms with E-state index in [1.807, 2.05) is 24.3 Å². The molecule has 0 spiro atoms. The van der Waals surface area contributed by atoms with E-state index >= 15 is 0 Å². The third-order valence-electron chi connectivity index (χ3n) is 2.48. The summed E-state index contributed by atoms with van der Waals surface area (Å²) in [6, 6.07) is 7.75. The lowest BCUT2D eigenvalue weighted by Crippen LogP contribution is -2.50. The van der Waals surface area contributed by atoms with Crippen LogP contribution in [0.15, 0.2) is 30.3 Å². The standard InChI is InChI=1S/C12H14ClNO/c13-11-5-3-10(4-6-11)2-1-7-14-8-12(15)9-14/h1-6,12,15H,7-9H2. The molecule has 1 saturated heterocycles. The van der Waals surface area contributed by atoms with Crippen molar-refractivity contribution >= 4 is 17.7 Å². The number of halogens is 1. The van der Waals surface area contributed by atoms with Gasteiger partial charge in [0.25, 0.3) is 0 Å². The average Bonchev–Trinajstić information content (AvgIpc) is 2.18. The van der Waals surface area contributed by atoms with Gasteiger partial charge in [0.15, 0.2) is 0 Å². The van der Waals surface area contributed by atoms with Gasteiger partial charge in [0.2, 0.25) is 0 Å². The first-order chi connectivity index (χ1) is 7.24. The zero-order valence-electron chi connectivity index (χ0n) is 8.44. The van der Waals surface area contributed by atoms with Gasteiger partial charge in [-0.1, -0.05) is 35.9 Å². The van der Waals surface area contributed by atoms with Gasteiger partial charge >= 0.3 is 0 Å². The van der Waals surface area contributed by atoms with Crippen molar-refractivity contribution in [2.24, 2.45) is 0 Å². The van der Waals surface area contributed by atoms with Gasteiger partial charge in [-0.2, -0.15) is 0 Å². The van der Waals surface area contributed by atoms with Crippen LogP contribution in [0.2, 0.25) is 5.02 Å². The Balaban J connectivity index is 1.81. The van der Waals surface area contributed by atoms with E-state index in [1.165, 1.54) is 0 Å². The van der Waals surface area contributed by atoms with E-state index in [0.717, 1.165) is 30.2 Å². The van der Waals surface area contributed by atoms with Gasteiger partial charge in [-0.05, 0) is 17.7 Å². The lowest BCUT2D eigenvalue weighted by atomic mass is 10.1. The van der Waals surface area contributed by atoms with Crippen molar-refractivity contribution in [1.29, 1.82) is 0 Å². The molecule has 0 aromatic heterocycles. The van der Waals surface area contributed by atoms with Crippen LogP contribution in [0, 0.1) is 0 Å². The molecule has 1 aromatic rings. The second-order valence-electron chi connectivity index (χ2n) is 3.83. The lowest BCUT2D eigenvalue weighted by Gasteiger charge is -2.34. The van der Waals surface area contributed by atoms with Crippen molar-refractivity contribution in [3.05, 3.63) is 40.9 Å². The molecule has 1 aromatic carbocycles. The van der Waals surface area contributed by atoms with E-state index in [2.05, 4.69) is 17.1 Å². The third-order valence-corrected chi connectivity index (χ3v) is 2.73. The van der Waals surface area contributed by atoms with Gasteiger partial charge in [-0.3, -0.25) is 4.90 Å². The molecule has 2 rings (SSSR count). The molecule has 0 unspecified atom stereocenters. The molecule has 3 heteroatoms. The molecule has 0 saturated carbocycles. The van der Waals surface area contributed by atoms with Crippen LogP contribution in [0.1, 0.15) is 5.56 Å². The first kappa shape index (κ1) is 10.7. The first-order valence-corrected chi connectivity index (χ1v) is 5.44. The van der Waals surface area contributed by atoms with E-state index in [-0.39, 0.29) is 6.10 Å². The summed E-state index contributed by atoms with van der Waals surface area (Å²) in [5, 5.41) is 9.85. The van der Waals surface area contributed by atoms with Crippen LogP contribution in [-0.4, -0.2) is 35.7 Å². The quantitative estimate of drug-likeness (QED) is 0.848. The molecule has 0 atom stereocenters. The Hall–Kier alpha value is -0.830. The Labute approximate surface area is 94.8 Å². The summed E-state index contributed by atoms with van der Waals surface area (Å²) in [5.74, 6) is 0. The molecule has 15 heavy (non-hydrogen) atoms. The fourth-order valence-corrected chi connectivity index (χ4v) is 1.73. The number of benzene rings is 1. The molecule has 2 nitrogen and oxygen atoms in total. The second-order valence-corrected chi connectivity index (χ2v) is 4.26. The van der Waals surface area contributed by atoms with Crippen molar-refractivity contribution in [3.8, 4) is 0 Å². The SMILES string of the molecule is OC1CN(CC=Cc2ccc(Cl)cc2)C1. The van der Waals surface area contributed by atoms with Crippen molar-refractivity contribution in [2.75, 3.05) is 19.6 Å². The van der Waals surface area contributed by atoms with Crippen molar-refractivity contribution in [1.82, 2.24) is 4.90 Å². The summed E-state index contributed by atoms with van der Waals surface area (Å²) < 4.78 is 0. The molecule has 1 aliphatic rings. The number of aliphatic hydroxyl groups is 1. The number of aliphatic hydroxyl groups excluding tert-OH is 1.